The minimum atomic E-state index is -4.89. The number of amides is 1. The van der Waals surface area contributed by atoms with E-state index in [1.165, 1.54) is 17.1 Å². The smallest absolute Gasteiger partial charge is 0.376 e. The van der Waals surface area contributed by atoms with Gasteiger partial charge in [0.05, 0.1) is 24.5 Å². The fourth-order valence-corrected chi connectivity index (χ4v) is 1.73. The molecule has 1 aliphatic heterocycles. The van der Waals surface area contributed by atoms with Crippen LogP contribution < -0.4 is 5.32 Å². The van der Waals surface area contributed by atoms with E-state index in [4.69, 9.17) is 4.74 Å². The van der Waals surface area contributed by atoms with Crippen LogP contribution in [-0.4, -0.2) is 34.6 Å². The van der Waals surface area contributed by atoms with E-state index in [2.05, 4.69) is 5.10 Å². The molecule has 1 aliphatic rings. The van der Waals surface area contributed by atoms with Gasteiger partial charge in [-0.15, -0.1) is 0 Å². The number of carbonyl (C=O) groups excluding carboxylic acids is 1. The zero-order valence-electron chi connectivity index (χ0n) is 9.41. The van der Waals surface area contributed by atoms with Crippen molar-refractivity contribution in [3.05, 3.63) is 12.4 Å². The maximum absolute atomic E-state index is 12.0. The Balaban J connectivity index is 1.91. The van der Waals surface area contributed by atoms with Crippen LogP contribution in [0.3, 0.4) is 0 Å². The minimum absolute atomic E-state index is 0.0234. The largest absolute Gasteiger partial charge is 0.471 e. The molecule has 2 heterocycles. The van der Waals surface area contributed by atoms with Gasteiger partial charge in [0.2, 0.25) is 0 Å². The summed E-state index contributed by atoms with van der Waals surface area (Å²) >= 11 is 0. The molecule has 1 atom stereocenters. The first-order valence-corrected chi connectivity index (χ1v) is 5.47. The van der Waals surface area contributed by atoms with Gasteiger partial charge >= 0.3 is 12.1 Å². The lowest BCUT2D eigenvalue weighted by atomic mass is 10.2. The molecule has 1 aromatic heterocycles. The highest BCUT2D eigenvalue weighted by atomic mass is 19.4. The quantitative estimate of drug-likeness (QED) is 0.900. The van der Waals surface area contributed by atoms with Crippen LogP contribution >= 0.6 is 0 Å². The van der Waals surface area contributed by atoms with E-state index < -0.39 is 12.1 Å². The molecule has 100 valence electrons. The fraction of sp³-hybridized carbons (Fsp3) is 0.600. The Morgan fingerprint density at radius 3 is 3.00 bits per heavy atom. The topological polar surface area (TPSA) is 56.2 Å². The summed E-state index contributed by atoms with van der Waals surface area (Å²) in [5.41, 5.74) is 0.0234. The fourth-order valence-electron chi connectivity index (χ4n) is 1.73. The van der Waals surface area contributed by atoms with Gasteiger partial charge < -0.3 is 10.1 Å². The van der Waals surface area contributed by atoms with Crippen LogP contribution in [0, 0.1) is 0 Å². The number of carbonyl (C=O) groups is 1. The first-order valence-electron chi connectivity index (χ1n) is 5.47. The van der Waals surface area contributed by atoms with Gasteiger partial charge in [-0.25, -0.2) is 0 Å². The van der Waals surface area contributed by atoms with Crippen LogP contribution in [0.2, 0.25) is 0 Å². The summed E-state index contributed by atoms with van der Waals surface area (Å²) in [5, 5.41) is 5.61. The zero-order chi connectivity index (χ0) is 13.2. The molecule has 0 bridgehead atoms. The van der Waals surface area contributed by atoms with Crippen molar-refractivity contribution < 1.29 is 22.7 Å². The van der Waals surface area contributed by atoms with Gasteiger partial charge in [0, 0.05) is 12.8 Å². The van der Waals surface area contributed by atoms with Crippen LogP contribution in [0.5, 0.6) is 0 Å². The molecule has 0 aliphatic carbocycles. The summed E-state index contributed by atoms with van der Waals surface area (Å²) < 4.78 is 42.9. The van der Waals surface area contributed by atoms with Gasteiger partial charge in [-0.3, -0.25) is 9.48 Å². The number of hydrogen-bond acceptors (Lipinski definition) is 3. The summed E-state index contributed by atoms with van der Waals surface area (Å²) in [7, 11) is 0. The summed E-state index contributed by atoms with van der Waals surface area (Å²) in [6.07, 6.45) is -0.440. The lowest BCUT2D eigenvalue weighted by Crippen LogP contribution is -2.29. The van der Waals surface area contributed by atoms with E-state index in [-0.39, 0.29) is 11.8 Å². The lowest BCUT2D eigenvalue weighted by Gasteiger charge is -2.08. The number of ether oxygens (including phenoxy) is 1. The molecule has 0 aromatic carbocycles. The molecule has 0 spiro atoms. The average molecular weight is 263 g/mol. The van der Waals surface area contributed by atoms with Gasteiger partial charge in [0.1, 0.15) is 0 Å². The molecule has 2 rings (SSSR count). The van der Waals surface area contributed by atoms with E-state index in [0.29, 0.717) is 13.2 Å². The molecule has 1 fully saturated rings. The van der Waals surface area contributed by atoms with Gasteiger partial charge in [0.25, 0.3) is 0 Å². The van der Waals surface area contributed by atoms with Gasteiger partial charge in [0.15, 0.2) is 0 Å². The average Bonchev–Trinajstić information content (AvgIpc) is 2.89. The predicted molar refractivity (Wildman–Crippen MR) is 55.9 cm³/mol. The number of hydrogen-bond donors (Lipinski definition) is 1. The Morgan fingerprint density at radius 1 is 1.61 bits per heavy atom. The first-order chi connectivity index (χ1) is 8.45. The zero-order valence-corrected chi connectivity index (χ0v) is 9.41. The second kappa shape index (κ2) is 4.97. The van der Waals surface area contributed by atoms with Crippen molar-refractivity contribution in [2.24, 2.45) is 0 Å². The van der Waals surface area contributed by atoms with Crippen LogP contribution in [-0.2, 0) is 16.1 Å². The molecular weight excluding hydrogens is 251 g/mol. The second-order valence-electron chi connectivity index (χ2n) is 4.04. The van der Waals surface area contributed by atoms with Crippen molar-refractivity contribution in [3.8, 4) is 0 Å². The van der Waals surface area contributed by atoms with E-state index in [0.717, 1.165) is 12.8 Å². The van der Waals surface area contributed by atoms with E-state index in [1.54, 1.807) is 5.32 Å². The highest BCUT2D eigenvalue weighted by molar-refractivity contribution is 5.94. The van der Waals surface area contributed by atoms with Gasteiger partial charge in [-0.1, -0.05) is 0 Å². The standard InChI is InChI=1S/C10H12F3N3O2/c11-10(12,13)9(17)15-7-4-14-16(5-7)6-8-2-1-3-18-8/h4-5,8H,1-3,6H2,(H,15,17). The van der Waals surface area contributed by atoms with Crippen LogP contribution in [0.1, 0.15) is 12.8 Å². The maximum Gasteiger partial charge on any atom is 0.471 e. The molecule has 5 nitrogen and oxygen atoms in total. The van der Waals surface area contributed by atoms with Crippen LogP contribution in [0.15, 0.2) is 12.4 Å². The summed E-state index contributed by atoms with van der Waals surface area (Å²) in [6.45, 7) is 1.17. The molecule has 1 saturated heterocycles. The first kappa shape index (κ1) is 12.9. The molecule has 18 heavy (non-hydrogen) atoms. The monoisotopic (exact) mass is 263 g/mol. The van der Waals surface area contributed by atoms with Crippen molar-refractivity contribution in [1.82, 2.24) is 9.78 Å². The van der Waals surface area contributed by atoms with E-state index in [1.807, 2.05) is 0 Å². The number of anilines is 1. The Bertz CT molecular complexity index is 424. The van der Waals surface area contributed by atoms with Crippen LogP contribution in [0.25, 0.3) is 0 Å². The third-order valence-corrected chi connectivity index (χ3v) is 2.56. The molecule has 0 radical (unpaired) electrons. The minimum Gasteiger partial charge on any atom is -0.376 e. The van der Waals surface area contributed by atoms with Gasteiger partial charge in [-0.05, 0) is 12.8 Å². The second-order valence-corrected chi connectivity index (χ2v) is 4.04. The van der Waals surface area contributed by atoms with Crippen molar-refractivity contribution in [1.29, 1.82) is 0 Å². The number of rotatable bonds is 3. The lowest BCUT2D eigenvalue weighted by molar-refractivity contribution is -0.167. The number of aromatic nitrogens is 2. The maximum atomic E-state index is 12.0. The molecule has 1 N–H and O–H groups in total. The molecule has 1 unspecified atom stereocenters. The SMILES string of the molecule is O=C(Nc1cnn(CC2CCCO2)c1)C(F)(F)F. The Labute approximate surface area is 101 Å². The van der Waals surface area contributed by atoms with Crippen molar-refractivity contribution >= 4 is 11.6 Å². The molecule has 8 heteroatoms. The van der Waals surface area contributed by atoms with E-state index >= 15 is 0 Å². The van der Waals surface area contributed by atoms with Crippen LogP contribution in [0.4, 0.5) is 18.9 Å². The van der Waals surface area contributed by atoms with E-state index in [9.17, 15) is 18.0 Å². The molecule has 0 saturated carbocycles. The Hall–Kier alpha value is -1.57. The Morgan fingerprint density at radius 2 is 2.39 bits per heavy atom. The highest BCUT2D eigenvalue weighted by Gasteiger charge is 2.38. The third-order valence-electron chi connectivity index (χ3n) is 2.56. The normalized spacial score (nSPS) is 20.1. The third kappa shape index (κ3) is 3.22. The van der Waals surface area contributed by atoms with Crippen molar-refractivity contribution in [3.63, 3.8) is 0 Å². The summed E-state index contributed by atoms with van der Waals surface area (Å²) in [6, 6.07) is 0. The number of halogens is 3. The number of nitrogens with one attached hydrogen (secondary N) is 1. The van der Waals surface area contributed by atoms with Gasteiger partial charge in [-0.2, -0.15) is 18.3 Å². The molecular formula is C10H12F3N3O2. The summed E-state index contributed by atoms with van der Waals surface area (Å²) in [4.78, 5) is 10.7. The highest BCUT2D eigenvalue weighted by Crippen LogP contribution is 2.18. The number of alkyl halides is 3. The summed E-state index contributed by atoms with van der Waals surface area (Å²) in [5.74, 6) is -2.00. The van der Waals surface area contributed by atoms with Crippen molar-refractivity contribution in [2.45, 2.75) is 31.7 Å². The predicted octanol–water partition coefficient (Wildman–Crippen LogP) is 1.56. The molecule has 1 amide bonds. The van der Waals surface area contributed by atoms with Crippen molar-refractivity contribution in [2.75, 3.05) is 11.9 Å². The Kier molecular flexibility index (Phi) is 3.55. The molecule has 1 aromatic rings. The number of nitrogens with zero attached hydrogens (tertiary/aromatic N) is 2.